The second kappa shape index (κ2) is 11.5. The Morgan fingerprint density at radius 1 is 1.21 bits per heavy atom. The van der Waals surface area contributed by atoms with E-state index < -0.39 is 0 Å². The number of hydrogen-bond acceptors (Lipinski definition) is 4. The average molecular weight is 392 g/mol. The summed E-state index contributed by atoms with van der Waals surface area (Å²) in [5.74, 6) is 2.52. The van der Waals surface area contributed by atoms with Crippen LogP contribution in [-0.4, -0.2) is 50.5 Å². The Morgan fingerprint density at radius 3 is 2.82 bits per heavy atom. The molecule has 0 saturated carbocycles. The molecular formula is C22H37N3O3. The molecule has 28 heavy (non-hydrogen) atoms. The summed E-state index contributed by atoms with van der Waals surface area (Å²) >= 11 is 0. The lowest BCUT2D eigenvalue weighted by Crippen LogP contribution is -2.49. The SMILES string of the molecule is CCC(CC)C1CC(NC(=NCC2CCCO2)NCCc2ccco2)CCO1. The van der Waals surface area contributed by atoms with E-state index >= 15 is 0 Å². The summed E-state index contributed by atoms with van der Waals surface area (Å²) in [6, 6.07) is 4.34. The summed E-state index contributed by atoms with van der Waals surface area (Å²) < 4.78 is 17.2. The summed E-state index contributed by atoms with van der Waals surface area (Å²) in [5.41, 5.74) is 0. The van der Waals surface area contributed by atoms with Crippen LogP contribution in [0.2, 0.25) is 0 Å². The fraction of sp³-hybridized carbons (Fsp3) is 0.773. The van der Waals surface area contributed by atoms with Crippen molar-refractivity contribution in [3.8, 4) is 0 Å². The molecule has 1 aromatic heterocycles. The number of furan rings is 1. The van der Waals surface area contributed by atoms with Crippen LogP contribution in [0.3, 0.4) is 0 Å². The van der Waals surface area contributed by atoms with Gasteiger partial charge in [0.25, 0.3) is 0 Å². The largest absolute Gasteiger partial charge is 0.469 e. The van der Waals surface area contributed by atoms with Crippen LogP contribution in [0.1, 0.15) is 58.1 Å². The molecule has 6 nitrogen and oxygen atoms in total. The van der Waals surface area contributed by atoms with Crippen LogP contribution in [-0.2, 0) is 15.9 Å². The van der Waals surface area contributed by atoms with Gasteiger partial charge in [0.1, 0.15) is 5.76 Å². The third-order valence-electron chi connectivity index (χ3n) is 5.95. The van der Waals surface area contributed by atoms with Crippen LogP contribution < -0.4 is 10.6 Å². The van der Waals surface area contributed by atoms with Gasteiger partial charge in [-0.15, -0.1) is 0 Å². The maximum atomic E-state index is 6.07. The zero-order chi connectivity index (χ0) is 19.6. The molecule has 2 aliphatic heterocycles. The van der Waals surface area contributed by atoms with Gasteiger partial charge in [-0.2, -0.15) is 0 Å². The Kier molecular flexibility index (Phi) is 8.68. The van der Waals surface area contributed by atoms with Gasteiger partial charge in [-0.05, 0) is 43.7 Å². The quantitative estimate of drug-likeness (QED) is 0.498. The van der Waals surface area contributed by atoms with E-state index in [-0.39, 0.29) is 6.10 Å². The lowest BCUT2D eigenvalue weighted by molar-refractivity contribution is -0.0324. The molecule has 3 unspecified atom stereocenters. The standard InChI is InChI=1S/C22H37N3O3/c1-3-17(4-2)21-15-18(10-14-28-21)25-22(24-16-20-8-6-13-27-20)23-11-9-19-7-5-12-26-19/h5,7,12,17-18,20-21H,3-4,6,8-11,13-16H2,1-2H3,(H2,23,24,25). The molecule has 2 fully saturated rings. The molecule has 3 atom stereocenters. The maximum Gasteiger partial charge on any atom is 0.191 e. The van der Waals surface area contributed by atoms with Gasteiger partial charge in [-0.1, -0.05) is 26.7 Å². The van der Waals surface area contributed by atoms with Crippen LogP contribution in [0, 0.1) is 5.92 Å². The zero-order valence-corrected chi connectivity index (χ0v) is 17.5. The van der Waals surface area contributed by atoms with Gasteiger partial charge >= 0.3 is 0 Å². The smallest absolute Gasteiger partial charge is 0.191 e. The highest BCUT2D eigenvalue weighted by atomic mass is 16.5. The number of rotatable bonds is 9. The number of guanidine groups is 1. The van der Waals surface area contributed by atoms with E-state index in [0.717, 1.165) is 70.1 Å². The number of nitrogens with zero attached hydrogens (tertiary/aromatic N) is 1. The van der Waals surface area contributed by atoms with Crippen molar-refractivity contribution in [1.29, 1.82) is 0 Å². The number of ether oxygens (including phenoxy) is 2. The molecule has 0 aliphatic carbocycles. The normalized spacial score (nSPS) is 26.0. The van der Waals surface area contributed by atoms with Crippen LogP contribution in [0.15, 0.2) is 27.8 Å². The zero-order valence-electron chi connectivity index (χ0n) is 17.5. The first-order valence-corrected chi connectivity index (χ1v) is 11.1. The number of nitrogens with one attached hydrogen (secondary N) is 2. The number of hydrogen-bond donors (Lipinski definition) is 2. The average Bonchev–Trinajstić information content (AvgIpc) is 3.41. The first-order valence-electron chi connectivity index (χ1n) is 11.1. The van der Waals surface area contributed by atoms with Crippen LogP contribution in [0.5, 0.6) is 0 Å². The van der Waals surface area contributed by atoms with E-state index in [4.69, 9.17) is 18.9 Å². The molecule has 1 aromatic rings. The van der Waals surface area contributed by atoms with E-state index in [2.05, 4.69) is 24.5 Å². The summed E-state index contributed by atoms with van der Waals surface area (Å²) in [6.07, 6.45) is 9.85. The predicted octanol–water partition coefficient (Wildman–Crippen LogP) is 3.52. The topological polar surface area (TPSA) is 68.0 Å². The predicted molar refractivity (Wildman–Crippen MR) is 112 cm³/mol. The molecule has 0 radical (unpaired) electrons. The first kappa shape index (κ1) is 21.2. The van der Waals surface area contributed by atoms with Crippen molar-refractivity contribution in [2.75, 3.05) is 26.3 Å². The molecule has 6 heteroatoms. The summed E-state index contributed by atoms with van der Waals surface area (Å²) in [6.45, 7) is 7.73. The van der Waals surface area contributed by atoms with Crippen molar-refractivity contribution in [1.82, 2.24) is 10.6 Å². The van der Waals surface area contributed by atoms with Crippen molar-refractivity contribution in [2.45, 2.75) is 77.0 Å². The lowest BCUT2D eigenvalue weighted by atomic mass is 9.89. The molecule has 2 aliphatic rings. The second-order valence-electron chi connectivity index (χ2n) is 7.93. The van der Waals surface area contributed by atoms with Crippen molar-refractivity contribution < 1.29 is 13.9 Å². The minimum absolute atomic E-state index is 0.260. The molecule has 3 rings (SSSR count). The fourth-order valence-corrected chi connectivity index (χ4v) is 4.19. The fourth-order valence-electron chi connectivity index (χ4n) is 4.19. The van der Waals surface area contributed by atoms with Crippen molar-refractivity contribution in [3.05, 3.63) is 24.2 Å². The Bertz CT molecular complexity index is 566. The van der Waals surface area contributed by atoms with E-state index in [0.29, 0.717) is 18.1 Å². The van der Waals surface area contributed by atoms with Crippen molar-refractivity contribution >= 4 is 5.96 Å². The van der Waals surface area contributed by atoms with E-state index in [1.165, 1.54) is 12.8 Å². The second-order valence-corrected chi connectivity index (χ2v) is 7.93. The minimum atomic E-state index is 0.260. The third kappa shape index (κ3) is 6.52. The van der Waals surface area contributed by atoms with Gasteiger partial charge in [0.15, 0.2) is 5.96 Å². The van der Waals surface area contributed by atoms with Crippen LogP contribution >= 0.6 is 0 Å². The first-order chi connectivity index (χ1) is 13.8. The summed E-state index contributed by atoms with van der Waals surface area (Å²) in [5, 5.41) is 7.15. The molecular weight excluding hydrogens is 354 g/mol. The minimum Gasteiger partial charge on any atom is -0.469 e. The number of aliphatic imine (C=N–C) groups is 1. The summed E-state index contributed by atoms with van der Waals surface area (Å²) in [4.78, 5) is 4.83. The lowest BCUT2D eigenvalue weighted by Gasteiger charge is -2.35. The molecule has 3 heterocycles. The Balaban J connectivity index is 1.54. The highest BCUT2D eigenvalue weighted by Crippen LogP contribution is 2.25. The molecule has 0 spiro atoms. The van der Waals surface area contributed by atoms with E-state index in [1.807, 2.05) is 12.1 Å². The van der Waals surface area contributed by atoms with E-state index in [1.54, 1.807) is 6.26 Å². The highest BCUT2D eigenvalue weighted by molar-refractivity contribution is 5.80. The molecule has 158 valence electrons. The molecule has 0 amide bonds. The monoisotopic (exact) mass is 391 g/mol. The Hall–Kier alpha value is -1.53. The highest BCUT2D eigenvalue weighted by Gasteiger charge is 2.28. The van der Waals surface area contributed by atoms with Crippen LogP contribution in [0.4, 0.5) is 0 Å². The molecule has 0 aromatic carbocycles. The van der Waals surface area contributed by atoms with Gasteiger partial charge in [-0.25, -0.2) is 0 Å². The van der Waals surface area contributed by atoms with Crippen molar-refractivity contribution in [3.63, 3.8) is 0 Å². The maximum absolute atomic E-state index is 6.07. The Labute approximate surface area is 169 Å². The van der Waals surface area contributed by atoms with Gasteiger partial charge < -0.3 is 24.5 Å². The van der Waals surface area contributed by atoms with Gasteiger partial charge in [-0.3, -0.25) is 4.99 Å². The summed E-state index contributed by atoms with van der Waals surface area (Å²) in [7, 11) is 0. The van der Waals surface area contributed by atoms with Crippen LogP contribution in [0.25, 0.3) is 0 Å². The van der Waals surface area contributed by atoms with Gasteiger partial charge in [0.05, 0.1) is 25.0 Å². The van der Waals surface area contributed by atoms with Gasteiger partial charge in [0, 0.05) is 32.2 Å². The van der Waals surface area contributed by atoms with Crippen molar-refractivity contribution in [2.24, 2.45) is 10.9 Å². The Morgan fingerprint density at radius 2 is 2.11 bits per heavy atom. The molecule has 0 bridgehead atoms. The molecule has 2 saturated heterocycles. The van der Waals surface area contributed by atoms with Gasteiger partial charge in [0.2, 0.25) is 0 Å². The molecule has 2 N–H and O–H groups in total. The van der Waals surface area contributed by atoms with E-state index in [9.17, 15) is 0 Å². The third-order valence-corrected chi connectivity index (χ3v) is 5.95.